The quantitative estimate of drug-likeness (QED) is 0.589. The van der Waals surface area contributed by atoms with Gasteiger partial charge >= 0.3 is 0 Å². The summed E-state index contributed by atoms with van der Waals surface area (Å²) in [6.07, 6.45) is -2.53. The van der Waals surface area contributed by atoms with Gasteiger partial charge in [0.15, 0.2) is 5.78 Å². The maximum Gasteiger partial charge on any atom is 0.267 e. The Kier molecular flexibility index (Phi) is 4.68. The normalized spacial score (nSPS) is 10.6. The zero-order valence-electron chi connectivity index (χ0n) is 8.67. The fourth-order valence-electron chi connectivity index (χ4n) is 1.31. The molecule has 0 spiro atoms. The van der Waals surface area contributed by atoms with Gasteiger partial charge in [-0.3, -0.25) is 4.79 Å². The minimum atomic E-state index is -2.67. The van der Waals surface area contributed by atoms with Gasteiger partial charge in [0, 0.05) is 17.9 Å². The van der Waals surface area contributed by atoms with E-state index in [-0.39, 0.29) is 35.0 Å². The molecule has 0 radical (unpaired) electrons. The Morgan fingerprint density at radius 2 is 2.19 bits per heavy atom. The summed E-state index contributed by atoms with van der Waals surface area (Å²) in [7, 11) is 1.31. The van der Waals surface area contributed by atoms with Crippen molar-refractivity contribution in [3.63, 3.8) is 0 Å². The Hall–Kier alpha value is -1.16. The van der Waals surface area contributed by atoms with Crippen LogP contribution in [0.5, 0.6) is 5.75 Å². The van der Waals surface area contributed by atoms with Crippen molar-refractivity contribution in [1.82, 2.24) is 0 Å². The van der Waals surface area contributed by atoms with E-state index in [9.17, 15) is 13.6 Å². The number of alkyl halides is 3. The van der Waals surface area contributed by atoms with E-state index in [1.807, 2.05) is 0 Å². The first-order chi connectivity index (χ1) is 7.60. The molecule has 1 aromatic carbocycles. The van der Waals surface area contributed by atoms with Crippen LogP contribution in [0.15, 0.2) is 18.2 Å². The fraction of sp³-hybridized carbons (Fsp3) is 0.364. The summed E-state index contributed by atoms with van der Waals surface area (Å²) in [6, 6.07) is 3.97. The van der Waals surface area contributed by atoms with E-state index in [1.165, 1.54) is 19.2 Å². The van der Waals surface area contributed by atoms with E-state index in [2.05, 4.69) is 0 Å². The molecule has 88 valence electrons. The summed E-state index contributed by atoms with van der Waals surface area (Å²) in [5.74, 6) is 0.00600. The molecule has 0 aliphatic carbocycles. The standard InChI is InChI=1S/C11H11ClF2O2/c1-16-10-3-2-7(9(15)4-5-12)6-8(10)11(13)14/h2-3,6,11H,4-5H2,1H3. The molecule has 0 saturated heterocycles. The lowest BCUT2D eigenvalue weighted by molar-refractivity contribution is 0.0988. The van der Waals surface area contributed by atoms with Gasteiger partial charge in [0.25, 0.3) is 6.43 Å². The molecule has 0 atom stereocenters. The average molecular weight is 249 g/mol. The first-order valence-electron chi connectivity index (χ1n) is 4.65. The molecule has 0 amide bonds. The molecule has 0 fully saturated rings. The van der Waals surface area contributed by atoms with Gasteiger partial charge in [0.05, 0.1) is 12.7 Å². The first-order valence-corrected chi connectivity index (χ1v) is 5.18. The molecule has 0 unspecified atom stereocenters. The Balaban J connectivity index is 3.06. The topological polar surface area (TPSA) is 26.3 Å². The van der Waals surface area contributed by atoms with Gasteiger partial charge in [0.1, 0.15) is 5.75 Å². The van der Waals surface area contributed by atoms with Gasteiger partial charge in [-0.05, 0) is 18.2 Å². The molecule has 1 aromatic rings. The number of rotatable bonds is 5. The summed E-state index contributed by atoms with van der Waals surface area (Å²) in [4.78, 5) is 11.4. The SMILES string of the molecule is COc1ccc(C(=O)CCCl)cc1C(F)F. The average Bonchev–Trinajstić information content (AvgIpc) is 2.28. The number of Topliss-reactive ketones (excluding diaryl/α,β-unsaturated/α-hetero) is 1. The van der Waals surface area contributed by atoms with Gasteiger partial charge < -0.3 is 4.74 Å². The molecule has 0 aliphatic heterocycles. The van der Waals surface area contributed by atoms with Gasteiger partial charge in [0.2, 0.25) is 0 Å². The zero-order valence-corrected chi connectivity index (χ0v) is 9.43. The van der Waals surface area contributed by atoms with Gasteiger partial charge in [-0.25, -0.2) is 8.78 Å². The van der Waals surface area contributed by atoms with Crippen molar-refractivity contribution in [2.45, 2.75) is 12.8 Å². The third kappa shape index (κ3) is 2.92. The monoisotopic (exact) mass is 248 g/mol. The van der Waals surface area contributed by atoms with Crippen LogP contribution in [0.25, 0.3) is 0 Å². The fourth-order valence-corrected chi connectivity index (χ4v) is 1.48. The van der Waals surface area contributed by atoms with E-state index in [4.69, 9.17) is 16.3 Å². The predicted molar refractivity (Wildman–Crippen MR) is 57.6 cm³/mol. The highest BCUT2D eigenvalue weighted by molar-refractivity contribution is 6.19. The minimum Gasteiger partial charge on any atom is -0.496 e. The summed E-state index contributed by atoms with van der Waals surface area (Å²) in [6.45, 7) is 0. The van der Waals surface area contributed by atoms with Crippen molar-refractivity contribution in [2.24, 2.45) is 0 Å². The highest BCUT2D eigenvalue weighted by Crippen LogP contribution is 2.30. The molecule has 0 bridgehead atoms. The lowest BCUT2D eigenvalue weighted by Gasteiger charge is -2.09. The number of benzene rings is 1. The third-order valence-corrected chi connectivity index (χ3v) is 2.30. The lowest BCUT2D eigenvalue weighted by atomic mass is 10.0. The van der Waals surface area contributed by atoms with Crippen LogP contribution in [0, 0.1) is 0 Å². The van der Waals surface area contributed by atoms with E-state index in [0.717, 1.165) is 6.07 Å². The Morgan fingerprint density at radius 3 is 2.69 bits per heavy atom. The molecule has 2 nitrogen and oxygen atoms in total. The Bertz CT molecular complexity index is 380. The van der Waals surface area contributed by atoms with Crippen LogP contribution in [-0.2, 0) is 0 Å². The van der Waals surface area contributed by atoms with E-state index >= 15 is 0 Å². The number of methoxy groups -OCH3 is 1. The number of ether oxygens (including phenoxy) is 1. The van der Waals surface area contributed by atoms with E-state index < -0.39 is 6.43 Å². The van der Waals surface area contributed by atoms with Crippen molar-refractivity contribution in [2.75, 3.05) is 13.0 Å². The smallest absolute Gasteiger partial charge is 0.267 e. The number of carbonyl (C=O) groups is 1. The van der Waals surface area contributed by atoms with Gasteiger partial charge in [-0.15, -0.1) is 11.6 Å². The Morgan fingerprint density at radius 1 is 1.50 bits per heavy atom. The van der Waals surface area contributed by atoms with Crippen LogP contribution in [0.2, 0.25) is 0 Å². The molecular formula is C11H11ClF2O2. The van der Waals surface area contributed by atoms with Gasteiger partial charge in [-0.1, -0.05) is 0 Å². The zero-order chi connectivity index (χ0) is 12.1. The number of hydrogen-bond acceptors (Lipinski definition) is 2. The molecular weight excluding hydrogens is 238 g/mol. The summed E-state index contributed by atoms with van der Waals surface area (Å²) < 4.78 is 30.0. The van der Waals surface area contributed by atoms with Crippen LogP contribution in [-0.4, -0.2) is 18.8 Å². The number of hydrogen-bond donors (Lipinski definition) is 0. The van der Waals surface area contributed by atoms with Crippen molar-refractivity contribution in [3.8, 4) is 5.75 Å². The van der Waals surface area contributed by atoms with E-state index in [0.29, 0.717) is 0 Å². The molecule has 0 aliphatic rings. The second-order valence-corrected chi connectivity index (χ2v) is 3.50. The van der Waals surface area contributed by atoms with Crippen molar-refractivity contribution in [1.29, 1.82) is 0 Å². The lowest BCUT2D eigenvalue weighted by Crippen LogP contribution is -2.02. The number of halogens is 3. The van der Waals surface area contributed by atoms with Crippen LogP contribution in [0.1, 0.15) is 28.8 Å². The van der Waals surface area contributed by atoms with Crippen molar-refractivity contribution in [3.05, 3.63) is 29.3 Å². The first kappa shape index (κ1) is 12.9. The molecule has 0 saturated carbocycles. The molecule has 0 heterocycles. The maximum atomic E-state index is 12.6. The van der Waals surface area contributed by atoms with Crippen molar-refractivity contribution < 1.29 is 18.3 Å². The van der Waals surface area contributed by atoms with E-state index in [1.54, 1.807) is 0 Å². The van der Waals surface area contributed by atoms with Crippen LogP contribution >= 0.6 is 11.6 Å². The second kappa shape index (κ2) is 5.80. The van der Waals surface area contributed by atoms with Crippen LogP contribution in [0.4, 0.5) is 8.78 Å². The Labute approximate surface area is 97.2 Å². The summed E-state index contributed by atoms with van der Waals surface area (Å²) >= 11 is 5.41. The summed E-state index contributed by atoms with van der Waals surface area (Å²) in [5, 5.41) is 0. The largest absolute Gasteiger partial charge is 0.496 e. The maximum absolute atomic E-state index is 12.6. The number of carbonyl (C=O) groups excluding carboxylic acids is 1. The molecule has 0 aromatic heterocycles. The third-order valence-electron chi connectivity index (χ3n) is 2.11. The van der Waals surface area contributed by atoms with Crippen LogP contribution < -0.4 is 4.74 Å². The summed E-state index contributed by atoms with van der Waals surface area (Å²) in [5.41, 5.74) is -0.0420. The van der Waals surface area contributed by atoms with Gasteiger partial charge in [-0.2, -0.15) is 0 Å². The molecule has 5 heteroatoms. The number of ketones is 1. The minimum absolute atomic E-state index is 0.0809. The highest BCUT2D eigenvalue weighted by atomic mass is 35.5. The molecule has 16 heavy (non-hydrogen) atoms. The van der Waals surface area contributed by atoms with Crippen molar-refractivity contribution >= 4 is 17.4 Å². The molecule has 0 N–H and O–H groups in total. The predicted octanol–water partition coefficient (Wildman–Crippen LogP) is 3.44. The second-order valence-electron chi connectivity index (χ2n) is 3.12. The highest BCUT2D eigenvalue weighted by Gasteiger charge is 2.16. The molecule has 1 rings (SSSR count). The van der Waals surface area contributed by atoms with Crippen LogP contribution in [0.3, 0.4) is 0 Å².